The number of H-pyrrole nitrogens is 1. The van der Waals surface area contributed by atoms with Crippen LogP contribution in [-0.4, -0.2) is 55.3 Å². The molecule has 7 nitrogen and oxygen atoms in total. The van der Waals surface area contributed by atoms with E-state index in [0.29, 0.717) is 24.5 Å². The lowest BCUT2D eigenvalue weighted by atomic mass is 10.1. The first-order valence-corrected chi connectivity index (χ1v) is 10.4. The Morgan fingerprint density at radius 3 is 2.69 bits per heavy atom. The van der Waals surface area contributed by atoms with Crippen LogP contribution >= 0.6 is 0 Å². The van der Waals surface area contributed by atoms with Gasteiger partial charge in [-0.2, -0.15) is 5.10 Å². The summed E-state index contributed by atoms with van der Waals surface area (Å²) in [5.74, 6) is 0. The highest BCUT2D eigenvalue weighted by Gasteiger charge is 2.39. The number of aromatic amines is 1. The number of aryl methyl sites for hydroxylation is 2. The van der Waals surface area contributed by atoms with Gasteiger partial charge in [0.2, 0.25) is 10.0 Å². The Morgan fingerprint density at radius 2 is 2.00 bits per heavy atom. The van der Waals surface area contributed by atoms with E-state index in [1.54, 1.807) is 13.8 Å². The molecular formula is C18H24N4O3S. The molecule has 3 atom stereocenters. The monoisotopic (exact) mass is 376 g/mol. The van der Waals surface area contributed by atoms with E-state index >= 15 is 0 Å². The van der Waals surface area contributed by atoms with Crippen molar-refractivity contribution < 1.29 is 13.2 Å². The molecule has 26 heavy (non-hydrogen) atoms. The van der Waals surface area contributed by atoms with Crippen molar-refractivity contribution in [3.8, 4) is 0 Å². The van der Waals surface area contributed by atoms with Gasteiger partial charge in [0.15, 0.2) is 0 Å². The fourth-order valence-electron chi connectivity index (χ4n) is 4.04. The molecule has 140 valence electrons. The third-order valence-electron chi connectivity index (χ3n) is 5.24. The average molecular weight is 376 g/mol. The summed E-state index contributed by atoms with van der Waals surface area (Å²) in [6, 6.07) is 10.3. The van der Waals surface area contributed by atoms with Crippen LogP contribution in [0.3, 0.4) is 0 Å². The van der Waals surface area contributed by atoms with E-state index in [0.717, 1.165) is 13.0 Å². The molecule has 2 aliphatic heterocycles. The van der Waals surface area contributed by atoms with Gasteiger partial charge in [0.25, 0.3) is 0 Å². The minimum absolute atomic E-state index is 0.0427. The first-order chi connectivity index (χ1) is 12.4. The van der Waals surface area contributed by atoms with Crippen molar-refractivity contribution in [1.29, 1.82) is 0 Å². The number of benzene rings is 1. The molecule has 0 aliphatic carbocycles. The summed E-state index contributed by atoms with van der Waals surface area (Å²) in [6.07, 6.45) is 0.803. The van der Waals surface area contributed by atoms with Crippen LogP contribution in [0.4, 0.5) is 0 Å². The van der Waals surface area contributed by atoms with Gasteiger partial charge in [-0.15, -0.1) is 0 Å². The maximum atomic E-state index is 12.8. The molecule has 0 amide bonds. The Balaban J connectivity index is 1.44. The predicted octanol–water partition coefficient (Wildman–Crippen LogP) is 1.52. The van der Waals surface area contributed by atoms with Crippen LogP contribution in [-0.2, 0) is 14.8 Å². The van der Waals surface area contributed by atoms with Crippen LogP contribution in [0.5, 0.6) is 0 Å². The Bertz CT molecular complexity index is 862. The summed E-state index contributed by atoms with van der Waals surface area (Å²) in [6.45, 7) is 5.55. The molecule has 2 aromatic rings. The Kier molecular flexibility index (Phi) is 4.60. The molecule has 0 unspecified atom stereocenters. The minimum atomic E-state index is -3.58. The van der Waals surface area contributed by atoms with Gasteiger partial charge in [-0.25, -0.2) is 13.1 Å². The third kappa shape index (κ3) is 3.29. The zero-order valence-corrected chi connectivity index (χ0v) is 15.8. The minimum Gasteiger partial charge on any atom is -0.371 e. The number of ether oxygens (including phenoxy) is 1. The van der Waals surface area contributed by atoms with Gasteiger partial charge >= 0.3 is 0 Å². The van der Waals surface area contributed by atoms with E-state index < -0.39 is 10.0 Å². The summed E-state index contributed by atoms with van der Waals surface area (Å²) < 4.78 is 34.4. The number of hydrogen-bond acceptors (Lipinski definition) is 5. The Labute approximate surface area is 153 Å². The van der Waals surface area contributed by atoms with Crippen molar-refractivity contribution in [2.75, 3.05) is 19.7 Å². The van der Waals surface area contributed by atoms with E-state index in [9.17, 15) is 8.42 Å². The topological polar surface area (TPSA) is 87.3 Å². The number of nitrogens with zero attached hydrogens (tertiary/aromatic N) is 2. The highest BCUT2D eigenvalue weighted by atomic mass is 32.2. The van der Waals surface area contributed by atoms with Gasteiger partial charge < -0.3 is 4.74 Å². The van der Waals surface area contributed by atoms with Crippen molar-refractivity contribution in [3.05, 3.63) is 47.3 Å². The summed E-state index contributed by atoms with van der Waals surface area (Å²) in [5.41, 5.74) is 2.23. The zero-order chi connectivity index (χ0) is 18.3. The number of morpholine rings is 1. The van der Waals surface area contributed by atoms with Crippen molar-refractivity contribution in [1.82, 2.24) is 19.8 Å². The molecular weight excluding hydrogens is 352 g/mol. The SMILES string of the molecule is Cc1n[nH]c(C)c1S(=O)(=O)N[C@@H]1C[C@H]2CO[C@@H](c3ccccc3)CN2C1. The molecule has 2 saturated heterocycles. The summed E-state index contributed by atoms with van der Waals surface area (Å²) >= 11 is 0. The number of sulfonamides is 1. The van der Waals surface area contributed by atoms with E-state index in [4.69, 9.17) is 4.74 Å². The second kappa shape index (κ2) is 6.77. The fraction of sp³-hybridized carbons (Fsp3) is 0.500. The Hall–Kier alpha value is -1.74. The molecule has 2 aliphatic rings. The standard InChI is InChI=1S/C18H24N4O3S/c1-12-18(13(2)20-19-12)26(23,24)21-15-8-16-11-25-17(10-22(16)9-15)14-6-4-3-5-7-14/h3-7,15-17,21H,8-11H2,1-2H3,(H,19,20)/t15-,16+,17-/m1/s1. The molecule has 1 aromatic heterocycles. The van der Waals surface area contributed by atoms with E-state index in [2.05, 4.69) is 32.0 Å². The maximum Gasteiger partial charge on any atom is 0.244 e. The normalized spacial score (nSPS) is 26.8. The van der Waals surface area contributed by atoms with Gasteiger partial charge in [0.05, 0.1) is 24.1 Å². The van der Waals surface area contributed by atoms with Gasteiger partial charge in [-0.05, 0) is 25.8 Å². The lowest BCUT2D eigenvalue weighted by Gasteiger charge is -2.35. The van der Waals surface area contributed by atoms with Crippen LogP contribution in [0.2, 0.25) is 0 Å². The Morgan fingerprint density at radius 1 is 1.23 bits per heavy atom. The van der Waals surface area contributed by atoms with Gasteiger partial charge in [0.1, 0.15) is 4.90 Å². The summed E-state index contributed by atoms with van der Waals surface area (Å²) in [4.78, 5) is 2.60. The highest BCUT2D eigenvalue weighted by Crippen LogP contribution is 2.31. The van der Waals surface area contributed by atoms with Gasteiger partial charge in [0, 0.05) is 25.2 Å². The molecule has 0 spiro atoms. The lowest BCUT2D eigenvalue weighted by molar-refractivity contribution is -0.0502. The number of fused-ring (bicyclic) bond motifs is 1. The van der Waals surface area contributed by atoms with Crippen molar-refractivity contribution >= 4 is 10.0 Å². The van der Waals surface area contributed by atoms with E-state index in [-0.39, 0.29) is 23.1 Å². The maximum absolute atomic E-state index is 12.8. The molecule has 4 rings (SSSR count). The lowest BCUT2D eigenvalue weighted by Crippen LogP contribution is -2.43. The fourth-order valence-corrected chi connectivity index (χ4v) is 5.65. The van der Waals surface area contributed by atoms with Crippen LogP contribution in [0, 0.1) is 13.8 Å². The molecule has 0 saturated carbocycles. The van der Waals surface area contributed by atoms with E-state index in [1.807, 2.05) is 18.2 Å². The van der Waals surface area contributed by atoms with Crippen molar-refractivity contribution in [2.45, 2.75) is 43.4 Å². The number of rotatable bonds is 4. The van der Waals surface area contributed by atoms with Gasteiger partial charge in [-0.1, -0.05) is 30.3 Å². The average Bonchev–Trinajstić information content (AvgIpc) is 3.16. The number of hydrogen-bond donors (Lipinski definition) is 2. The molecule has 2 N–H and O–H groups in total. The van der Waals surface area contributed by atoms with Crippen LogP contribution in [0.15, 0.2) is 35.2 Å². The second-order valence-electron chi connectivity index (χ2n) is 7.16. The largest absolute Gasteiger partial charge is 0.371 e. The molecule has 1 aromatic carbocycles. The molecule has 8 heteroatoms. The molecule has 0 radical (unpaired) electrons. The predicted molar refractivity (Wildman–Crippen MR) is 97.3 cm³/mol. The molecule has 3 heterocycles. The quantitative estimate of drug-likeness (QED) is 0.845. The zero-order valence-electron chi connectivity index (χ0n) is 15.0. The van der Waals surface area contributed by atoms with Crippen LogP contribution in [0.25, 0.3) is 0 Å². The number of nitrogens with one attached hydrogen (secondary N) is 2. The molecule has 2 fully saturated rings. The van der Waals surface area contributed by atoms with Crippen LogP contribution < -0.4 is 4.72 Å². The van der Waals surface area contributed by atoms with Crippen LogP contribution in [0.1, 0.15) is 29.5 Å². The van der Waals surface area contributed by atoms with Crippen molar-refractivity contribution in [3.63, 3.8) is 0 Å². The highest BCUT2D eigenvalue weighted by molar-refractivity contribution is 7.89. The van der Waals surface area contributed by atoms with Gasteiger partial charge in [-0.3, -0.25) is 10.00 Å². The smallest absolute Gasteiger partial charge is 0.244 e. The third-order valence-corrected chi connectivity index (χ3v) is 7.02. The second-order valence-corrected chi connectivity index (χ2v) is 8.81. The number of aromatic nitrogens is 2. The van der Waals surface area contributed by atoms with Crippen molar-refractivity contribution in [2.24, 2.45) is 0 Å². The summed E-state index contributed by atoms with van der Waals surface area (Å²) in [5, 5.41) is 6.74. The summed E-state index contributed by atoms with van der Waals surface area (Å²) in [7, 11) is -3.58. The molecule has 0 bridgehead atoms. The first-order valence-electron chi connectivity index (χ1n) is 8.88. The first kappa shape index (κ1) is 17.7. The van der Waals surface area contributed by atoms with E-state index in [1.165, 1.54) is 5.56 Å².